The molecule has 154 valence electrons. The van der Waals surface area contributed by atoms with Gasteiger partial charge in [0.05, 0.1) is 25.2 Å². The van der Waals surface area contributed by atoms with Crippen LogP contribution in [0.4, 0.5) is 11.4 Å². The van der Waals surface area contributed by atoms with E-state index >= 15 is 0 Å². The number of nitro benzene ring substituents is 1. The van der Waals surface area contributed by atoms with E-state index in [1.165, 1.54) is 25.2 Å². The van der Waals surface area contributed by atoms with Gasteiger partial charge in [0.15, 0.2) is 18.1 Å². The summed E-state index contributed by atoms with van der Waals surface area (Å²) in [6.45, 7) is -0.115. The fourth-order valence-electron chi connectivity index (χ4n) is 2.31. The summed E-state index contributed by atoms with van der Waals surface area (Å²) >= 11 is 0. The van der Waals surface area contributed by atoms with Crippen molar-refractivity contribution in [2.45, 2.75) is 0 Å². The molecule has 2 amide bonds. The number of hydrogen-bond acceptors (Lipinski definition) is 7. The van der Waals surface area contributed by atoms with Crippen LogP contribution in [-0.4, -0.2) is 56.6 Å². The number of nitrogens with zero attached hydrogens (tertiary/aromatic N) is 2. The summed E-state index contributed by atoms with van der Waals surface area (Å²) < 4.78 is 15.5. The Bertz CT molecular complexity index is 911. The van der Waals surface area contributed by atoms with Crippen molar-refractivity contribution in [1.29, 1.82) is 0 Å². The molecule has 10 nitrogen and oxygen atoms in total. The molecule has 0 aliphatic carbocycles. The lowest BCUT2D eigenvalue weighted by atomic mass is 10.1. The highest BCUT2D eigenvalue weighted by Gasteiger charge is 2.24. The van der Waals surface area contributed by atoms with Crippen LogP contribution in [0.5, 0.6) is 17.2 Å². The Hall–Kier alpha value is -3.82. The number of likely N-dealkylation sites (N-methyl/N-ethyl adjacent to an activating group) is 1. The molecule has 0 atom stereocenters. The monoisotopic (exact) mass is 403 g/mol. The lowest BCUT2D eigenvalue weighted by Gasteiger charge is -2.12. The second kappa shape index (κ2) is 9.40. The number of nitrogens with one attached hydrogen (secondary N) is 1. The number of benzene rings is 2. The summed E-state index contributed by atoms with van der Waals surface area (Å²) in [6, 6.07) is 8.63. The molecule has 10 heteroatoms. The van der Waals surface area contributed by atoms with Crippen LogP contribution in [0, 0.1) is 10.1 Å². The highest BCUT2D eigenvalue weighted by molar-refractivity contribution is 6.07. The second-order valence-electron chi connectivity index (χ2n) is 6.04. The molecule has 0 saturated carbocycles. The molecule has 29 heavy (non-hydrogen) atoms. The minimum absolute atomic E-state index is 0.115. The van der Waals surface area contributed by atoms with E-state index < -0.39 is 16.5 Å². The van der Waals surface area contributed by atoms with E-state index in [0.29, 0.717) is 11.4 Å². The van der Waals surface area contributed by atoms with E-state index in [9.17, 15) is 19.7 Å². The first-order chi connectivity index (χ1) is 13.8. The normalized spacial score (nSPS) is 10.1. The second-order valence-corrected chi connectivity index (χ2v) is 6.04. The van der Waals surface area contributed by atoms with Gasteiger partial charge in [-0.3, -0.25) is 19.7 Å². The largest absolute Gasteiger partial charge is 0.493 e. The number of carbonyl (C=O) groups is 2. The Morgan fingerprint density at radius 2 is 1.66 bits per heavy atom. The van der Waals surface area contributed by atoms with Crippen LogP contribution in [-0.2, 0) is 4.79 Å². The molecule has 0 spiro atoms. The molecule has 0 aromatic heterocycles. The van der Waals surface area contributed by atoms with E-state index in [1.807, 2.05) is 0 Å². The van der Waals surface area contributed by atoms with Crippen LogP contribution in [0.1, 0.15) is 10.4 Å². The molecule has 0 unspecified atom stereocenters. The highest BCUT2D eigenvalue weighted by Crippen LogP contribution is 2.34. The highest BCUT2D eigenvalue weighted by atomic mass is 16.6. The summed E-state index contributed by atoms with van der Waals surface area (Å²) in [5.41, 5.74) is -0.197. The van der Waals surface area contributed by atoms with Crippen LogP contribution in [0.3, 0.4) is 0 Å². The number of carbonyl (C=O) groups excluding carboxylic acids is 2. The Balaban J connectivity index is 2.17. The molecule has 0 saturated heterocycles. The van der Waals surface area contributed by atoms with Gasteiger partial charge in [-0.05, 0) is 24.3 Å². The van der Waals surface area contributed by atoms with Gasteiger partial charge in [0.1, 0.15) is 11.3 Å². The number of rotatable bonds is 8. The summed E-state index contributed by atoms with van der Waals surface area (Å²) in [5.74, 6) is -0.102. The molecular formula is C19H21N3O7. The summed E-state index contributed by atoms with van der Waals surface area (Å²) in [5, 5.41) is 13.9. The third-order valence-corrected chi connectivity index (χ3v) is 3.92. The molecule has 0 aliphatic heterocycles. The van der Waals surface area contributed by atoms with E-state index in [0.717, 1.165) is 6.07 Å². The van der Waals surface area contributed by atoms with Gasteiger partial charge in [-0.25, -0.2) is 0 Å². The zero-order valence-corrected chi connectivity index (χ0v) is 16.4. The standard InChI is InChI=1S/C19H21N3O7/c1-21(2)18(23)11-29-13-7-5-12(6-8-13)20-19(24)14-9-16(27-3)17(28-4)10-15(14)22(25)26/h5-10H,11H2,1-4H3,(H,20,24). The Labute approximate surface area is 167 Å². The average molecular weight is 403 g/mol. The lowest BCUT2D eigenvalue weighted by Crippen LogP contribution is -2.27. The fourth-order valence-corrected chi connectivity index (χ4v) is 2.31. The summed E-state index contributed by atoms with van der Waals surface area (Å²) in [6.07, 6.45) is 0. The number of ether oxygens (including phenoxy) is 3. The molecule has 0 fully saturated rings. The summed E-state index contributed by atoms with van der Waals surface area (Å²) in [4.78, 5) is 36.2. The minimum atomic E-state index is -0.686. The van der Waals surface area contributed by atoms with E-state index in [2.05, 4.69) is 5.32 Å². The van der Waals surface area contributed by atoms with Crippen molar-refractivity contribution in [1.82, 2.24) is 4.90 Å². The SMILES string of the molecule is COc1cc(C(=O)Nc2ccc(OCC(=O)N(C)C)cc2)c([N+](=O)[O-])cc1OC. The van der Waals surface area contributed by atoms with Gasteiger partial charge < -0.3 is 24.4 Å². The van der Waals surface area contributed by atoms with Crippen LogP contribution >= 0.6 is 0 Å². The molecule has 0 radical (unpaired) electrons. The first kappa shape index (κ1) is 21.5. The van der Waals surface area contributed by atoms with Crippen molar-refractivity contribution in [2.75, 3.05) is 40.2 Å². The molecule has 0 aliphatic rings. The molecule has 2 aromatic rings. The Morgan fingerprint density at radius 3 is 2.17 bits per heavy atom. The van der Waals surface area contributed by atoms with Crippen molar-refractivity contribution in [3.63, 3.8) is 0 Å². The van der Waals surface area contributed by atoms with Gasteiger partial charge in [0, 0.05) is 25.8 Å². The smallest absolute Gasteiger partial charge is 0.286 e. The van der Waals surface area contributed by atoms with E-state index in [4.69, 9.17) is 14.2 Å². The number of anilines is 1. The maximum absolute atomic E-state index is 12.6. The third-order valence-electron chi connectivity index (χ3n) is 3.92. The number of methoxy groups -OCH3 is 2. The van der Waals surface area contributed by atoms with E-state index in [-0.39, 0.29) is 29.6 Å². The van der Waals surface area contributed by atoms with Crippen LogP contribution in [0.2, 0.25) is 0 Å². The van der Waals surface area contributed by atoms with Crippen molar-refractivity contribution < 1.29 is 28.7 Å². The Kier molecular flexibility index (Phi) is 6.96. The number of nitro groups is 1. The van der Waals surface area contributed by atoms with Crippen molar-refractivity contribution >= 4 is 23.2 Å². The fraction of sp³-hybridized carbons (Fsp3) is 0.263. The van der Waals surface area contributed by atoms with Crippen LogP contribution < -0.4 is 19.5 Å². The predicted octanol–water partition coefficient (Wildman–Crippen LogP) is 2.33. The predicted molar refractivity (Wildman–Crippen MR) is 105 cm³/mol. The number of hydrogen-bond donors (Lipinski definition) is 1. The van der Waals surface area contributed by atoms with Gasteiger partial charge >= 0.3 is 0 Å². The van der Waals surface area contributed by atoms with Crippen LogP contribution in [0.15, 0.2) is 36.4 Å². The van der Waals surface area contributed by atoms with Crippen molar-refractivity contribution in [3.05, 3.63) is 52.1 Å². The zero-order chi connectivity index (χ0) is 21.6. The maximum Gasteiger partial charge on any atom is 0.286 e. The van der Waals surface area contributed by atoms with Gasteiger partial charge in [0.25, 0.3) is 17.5 Å². The number of amides is 2. The molecule has 0 heterocycles. The average Bonchev–Trinajstić information content (AvgIpc) is 2.71. The zero-order valence-electron chi connectivity index (χ0n) is 16.4. The van der Waals surface area contributed by atoms with Crippen molar-refractivity contribution in [2.24, 2.45) is 0 Å². The first-order valence-electron chi connectivity index (χ1n) is 8.41. The van der Waals surface area contributed by atoms with Gasteiger partial charge in [-0.1, -0.05) is 0 Å². The third kappa shape index (κ3) is 5.34. The molecule has 2 rings (SSSR count). The molecule has 0 bridgehead atoms. The summed E-state index contributed by atoms with van der Waals surface area (Å²) in [7, 11) is 5.96. The molecular weight excluding hydrogens is 382 g/mol. The first-order valence-corrected chi connectivity index (χ1v) is 8.41. The maximum atomic E-state index is 12.6. The van der Waals surface area contributed by atoms with Crippen molar-refractivity contribution in [3.8, 4) is 17.2 Å². The topological polar surface area (TPSA) is 120 Å². The van der Waals surface area contributed by atoms with Crippen LogP contribution in [0.25, 0.3) is 0 Å². The molecule has 2 aromatic carbocycles. The van der Waals surface area contributed by atoms with Gasteiger partial charge in [-0.2, -0.15) is 0 Å². The van der Waals surface area contributed by atoms with E-state index in [1.54, 1.807) is 38.4 Å². The van der Waals surface area contributed by atoms with Gasteiger partial charge in [0.2, 0.25) is 0 Å². The lowest BCUT2D eigenvalue weighted by molar-refractivity contribution is -0.385. The molecule has 1 N–H and O–H groups in total. The Morgan fingerprint density at radius 1 is 1.07 bits per heavy atom. The minimum Gasteiger partial charge on any atom is -0.493 e. The quantitative estimate of drug-likeness (QED) is 0.530. The van der Waals surface area contributed by atoms with Gasteiger partial charge in [-0.15, -0.1) is 0 Å².